The van der Waals surface area contributed by atoms with Crippen LogP contribution in [0.1, 0.15) is 36.5 Å². The summed E-state index contributed by atoms with van der Waals surface area (Å²) in [7, 11) is 1.66. The Kier molecular flexibility index (Phi) is 6.51. The number of fused-ring (bicyclic) bond motifs is 3. The zero-order valence-corrected chi connectivity index (χ0v) is 19.8. The van der Waals surface area contributed by atoms with Gasteiger partial charge >= 0.3 is 0 Å². The molecule has 1 amide bonds. The summed E-state index contributed by atoms with van der Waals surface area (Å²) < 4.78 is 11.8. The number of ether oxygens (including phenoxy) is 2. The maximum Gasteiger partial charge on any atom is 0.256 e. The first-order valence-corrected chi connectivity index (χ1v) is 12.2. The van der Waals surface area contributed by atoms with Gasteiger partial charge in [0.2, 0.25) is 0 Å². The summed E-state index contributed by atoms with van der Waals surface area (Å²) in [4.78, 5) is 24.7. The minimum absolute atomic E-state index is 0.0750. The maximum atomic E-state index is 13.1. The Bertz CT molecular complexity index is 1050. The zero-order chi connectivity index (χ0) is 22.8. The minimum Gasteiger partial charge on any atom is -0.493 e. The number of nitrogens with zero attached hydrogens (tertiary/aromatic N) is 4. The van der Waals surface area contributed by atoms with Crippen LogP contribution in [0.25, 0.3) is 10.8 Å². The third-order valence-corrected chi connectivity index (χ3v) is 7.20. The van der Waals surface area contributed by atoms with Gasteiger partial charge in [0.25, 0.3) is 5.91 Å². The number of likely N-dealkylation sites (N-methyl/N-ethyl adjacent to an activating group) is 1. The fourth-order valence-electron chi connectivity index (χ4n) is 5.17. The SMILES string of the molecule is CCN1CCN(CCCOc2cc3cc4c(cc3cc2OC)C(=O)N2CCC[C@H]2C=N4)CC1. The summed E-state index contributed by atoms with van der Waals surface area (Å²) in [6.45, 7) is 10.4. The molecule has 0 radical (unpaired) electrons. The Balaban J connectivity index is 1.29. The Labute approximate surface area is 195 Å². The third kappa shape index (κ3) is 4.57. The number of carbonyl (C=O) groups is 1. The molecule has 0 aromatic heterocycles. The molecule has 0 spiro atoms. The monoisotopic (exact) mass is 450 g/mol. The van der Waals surface area contributed by atoms with Crippen LogP contribution >= 0.6 is 0 Å². The van der Waals surface area contributed by atoms with Gasteiger partial charge in [-0.15, -0.1) is 0 Å². The van der Waals surface area contributed by atoms with Crippen molar-refractivity contribution in [1.29, 1.82) is 0 Å². The lowest BCUT2D eigenvalue weighted by atomic mass is 10.0. The molecular formula is C26H34N4O3. The highest BCUT2D eigenvalue weighted by atomic mass is 16.5. The van der Waals surface area contributed by atoms with Crippen LogP contribution < -0.4 is 9.47 Å². The predicted octanol–water partition coefficient (Wildman–Crippen LogP) is 3.58. The van der Waals surface area contributed by atoms with Crippen LogP contribution in [0, 0.1) is 0 Å². The number of hydrogen-bond acceptors (Lipinski definition) is 6. The minimum atomic E-state index is 0.0750. The van der Waals surface area contributed by atoms with E-state index in [1.807, 2.05) is 35.4 Å². The molecule has 0 saturated carbocycles. The molecule has 7 heteroatoms. The van der Waals surface area contributed by atoms with Gasteiger partial charge in [0.05, 0.1) is 31.0 Å². The molecule has 1 atom stereocenters. The lowest BCUT2D eigenvalue weighted by Crippen LogP contribution is -2.46. The van der Waals surface area contributed by atoms with Gasteiger partial charge in [0.1, 0.15) is 0 Å². The van der Waals surface area contributed by atoms with E-state index in [0.29, 0.717) is 17.9 Å². The number of amides is 1. The number of hydrogen-bond donors (Lipinski definition) is 0. The van der Waals surface area contributed by atoms with E-state index in [1.54, 1.807) is 7.11 Å². The van der Waals surface area contributed by atoms with Crippen LogP contribution in [0.4, 0.5) is 5.69 Å². The number of methoxy groups -OCH3 is 1. The average Bonchev–Trinajstić information content (AvgIpc) is 3.28. The number of aliphatic imine (C=N–C) groups is 1. The van der Waals surface area contributed by atoms with Crippen molar-refractivity contribution in [2.45, 2.75) is 32.2 Å². The number of piperazine rings is 1. The van der Waals surface area contributed by atoms with Gasteiger partial charge in [-0.1, -0.05) is 6.92 Å². The van der Waals surface area contributed by atoms with Gasteiger partial charge in [-0.3, -0.25) is 9.79 Å². The van der Waals surface area contributed by atoms with E-state index in [1.165, 1.54) is 0 Å². The van der Waals surface area contributed by atoms with Crippen LogP contribution in [0.5, 0.6) is 11.5 Å². The van der Waals surface area contributed by atoms with Crippen molar-refractivity contribution in [1.82, 2.24) is 14.7 Å². The highest BCUT2D eigenvalue weighted by molar-refractivity contribution is 6.07. The molecule has 0 bridgehead atoms. The second-order valence-electron chi connectivity index (χ2n) is 9.18. The maximum absolute atomic E-state index is 13.1. The average molecular weight is 451 g/mol. The van der Waals surface area contributed by atoms with Gasteiger partial charge in [-0.2, -0.15) is 0 Å². The first kappa shape index (κ1) is 22.2. The topological polar surface area (TPSA) is 57.6 Å². The smallest absolute Gasteiger partial charge is 0.256 e. The van der Waals surface area contributed by atoms with Crippen molar-refractivity contribution in [2.75, 3.05) is 59.5 Å². The molecule has 2 aromatic rings. The molecule has 0 aliphatic carbocycles. The standard InChI is InChI=1S/C26H34N4O3/c1-3-28-9-11-29(12-10-28)7-5-13-33-25-17-20-15-23-22(14-19(20)16-24(25)32-2)26(31)30-8-4-6-21(30)18-27-23/h14-18,21H,3-13H2,1-2H3/t21-/m0/s1. The fourth-order valence-corrected chi connectivity index (χ4v) is 5.17. The summed E-state index contributed by atoms with van der Waals surface area (Å²) in [6.07, 6.45) is 4.94. The molecular weight excluding hydrogens is 416 g/mol. The van der Waals surface area contributed by atoms with Crippen LogP contribution in [-0.4, -0.2) is 92.4 Å². The second-order valence-corrected chi connectivity index (χ2v) is 9.18. The normalized spacial score (nSPS) is 21.2. The number of benzene rings is 2. The van der Waals surface area contributed by atoms with E-state index in [9.17, 15) is 4.79 Å². The highest BCUT2D eigenvalue weighted by Gasteiger charge is 2.31. The third-order valence-electron chi connectivity index (χ3n) is 7.20. The van der Waals surface area contributed by atoms with Crippen molar-refractivity contribution in [3.05, 3.63) is 29.8 Å². The molecule has 3 aliphatic heterocycles. The second kappa shape index (κ2) is 9.69. The molecule has 2 fully saturated rings. The van der Waals surface area contributed by atoms with Crippen molar-refractivity contribution in [2.24, 2.45) is 4.99 Å². The first-order valence-electron chi connectivity index (χ1n) is 12.2. The van der Waals surface area contributed by atoms with E-state index in [4.69, 9.17) is 9.47 Å². The molecule has 3 heterocycles. The summed E-state index contributed by atoms with van der Waals surface area (Å²) in [5.41, 5.74) is 1.41. The number of rotatable bonds is 7. The molecule has 7 nitrogen and oxygen atoms in total. The summed E-state index contributed by atoms with van der Waals surface area (Å²) in [5.74, 6) is 1.51. The molecule has 0 N–H and O–H groups in total. The number of carbonyl (C=O) groups excluding carboxylic acids is 1. The van der Waals surface area contributed by atoms with E-state index >= 15 is 0 Å². The van der Waals surface area contributed by atoms with E-state index in [0.717, 1.165) is 87.3 Å². The van der Waals surface area contributed by atoms with Crippen LogP contribution in [-0.2, 0) is 0 Å². The van der Waals surface area contributed by atoms with Gasteiger partial charge in [0.15, 0.2) is 11.5 Å². The van der Waals surface area contributed by atoms with Crippen LogP contribution in [0.3, 0.4) is 0 Å². The van der Waals surface area contributed by atoms with Crippen molar-refractivity contribution in [3.8, 4) is 11.5 Å². The van der Waals surface area contributed by atoms with Gasteiger partial charge in [0, 0.05) is 45.5 Å². The molecule has 2 saturated heterocycles. The molecule has 2 aromatic carbocycles. The molecule has 3 aliphatic rings. The Morgan fingerprint density at radius 1 is 1.00 bits per heavy atom. The first-order chi connectivity index (χ1) is 16.2. The lowest BCUT2D eigenvalue weighted by molar-refractivity contribution is 0.0775. The summed E-state index contributed by atoms with van der Waals surface area (Å²) in [6, 6.07) is 8.05. The van der Waals surface area contributed by atoms with Crippen molar-refractivity contribution in [3.63, 3.8) is 0 Å². The lowest BCUT2D eigenvalue weighted by Gasteiger charge is -2.33. The largest absolute Gasteiger partial charge is 0.493 e. The van der Waals surface area contributed by atoms with Crippen LogP contribution in [0.2, 0.25) is 0 Å². The van der Waals surface area contributed by atoms with Gasteiger partial charge < -0.3 is 24.2 Å². The molecule has 176 valence electrons. The predicted molar refractivity (Wildman–Crippen MR) is 131 cm³/mol. The van der Waals surface area contributed by atoms with Crippen molar-refractivity contribution >= 4 is 28.6 Å². The van der Waals surface area contributed by atoms with E-state index in [2.05, 4.69) is 21.7 Å². The molecule has 33 heavy (non-hydrogen) atoms. The quantitative estimate of drug-likeness (QED) is 0.604. The Hall–Kier alpha value is -2.64. The Morgan fingerprint density at radius 2 is 1.76 bits per heavy atom. The summed E-state index contributed by atoms with van der Waals surface area (Å²) >= 11 is 0. The van der Waals surface area contributed by atoms with Crippen LogP contribution in [0.15, 0.2) is 29.3 Å². The fraction of sp³-hybridized carbons (Fsp3) is 0.538. The zero-order valence-electron chi connectivity index (χ0n) is 19.8. The van der Waals surface area contributed by atoms with Gasteiger partial charge in [-0.25, -0.2) is 0 Å². The van der Waals surface area contributed by atoms with Gasteiger partial charge in [-0.05, 0) is 60.8 Å². The summed E-state index contributed by atoms with van der Waals surface area (Å²) in [5, 5.41) is 1.97. The molecule has 5 rings (SSSR count). The van der Waals surface area contributed by atoms with Crippen molar-refractivity contribution < 1.29 is 14.3 Å². The molecule has 0 unspecified atom stereocenters. The van der Waals surface area contributed by atoms with E-state index in [-0.39, 0.29) is 11.9 Å². The highest BCUT2D eigenvalue weighted by Crippen LogP contribution is 2.37. The Morgan fingerprint density at radius 3 is 2.55 bits per heavy atom. The van der Waals surface area contributed by atoms with E-state index < -0.39 is 0 Å².